The normalized spacial score (nSPS) is 25.1. The van der Waals surface area contributed by atoms with Gasteiger partial charge in [0.15, 0.2) is 0 Å². The Bertz CT molecular complexity index is 1910. The van der Waals surface area contributed by atoms with E-state index in [1.807, 2.05) is 12.1 Å². The molecule has 4 heterocycles. The smallest absolute Gasteiger partial charge is 0.337 e. The van der Waals surface area contributed by atoms with Gasteiger partial charge in [0.2, 0.25) is 5.91 Å². The van der Waals surface area contributed by atoms with Gasteiger partial charge in [-0.3, -0.25) is 9.69 Å². The molecule has 4 aliphatic rings. The number of nitrogens with zero attached hydrogens (tertiary/aromatic N) is 4. The zero-order chi connectivity index (χ0) is 29.6. The van der Waals surface area contributed by atoms with E-state index >= 15 is 4.39 Å². The van der Waals surface area contributed by atoms with Crippen LogP contribution in [0.1, 0.15) is 71.4 Å². The van der Waals surface area contributed by atoms with E-state index in [1.54, 1.807) is 36.4 Å². The summed E-state index contributed by atoms with van der Waals surface area (Å²) < 4.78 is 23.3. The topological polar surface area (TPSA) is 100 Å². The molecule has 10 heteroatoms. The number of halogens is 2. The Balaban J connectivity index is 0.00000312. The molecule has 1 spiro atoms. The van der Waals surface area contributed by atoms with Crippen molar-refractivity contribution in [1.29, 1.82) is 5.26 Å². The minimum atomic E-state index is -1.24. The standard InChI is InChI=1S/C33H27ClFN5O3.CH4/c1-43-31(41)19-8-10-25-24(14-19)37-30-27-26(11-12-39(25)30)40(16-17-5-6-17)33(28(27)20-3-2-4-22(34)29(20)35)21-9-7-18(15-36)13-23(21)38-32(33)42;/h2-4,7-10,13-14,17,26-28H,5-6,11-12,16H2,1H3,(H,38,42);1H4/t26-,27+,28-,33+;/m0./s1. The second-order valence-electron chi connectivity index (χ2n) is 12.0. The first-order chi connectivity index (χ1) is 20.9. The lowest BCUT2D eigenvalue weighted by molar-refractivity contribution is -0.128. The van der Waals surface area contributed by atoms with Gasteiger partial charge in [-0.1, -0.05) is 37.2 Å². The fraction of sp³-hybridized carbons (Fsp3) is 0.353. The first-order valence-corrected chi connectivity index (χ1v) is 14.9. The summed E-state index contributed by atoms with van der Waals surface area (Å²) in [6.45, 7) is 1.36. The zero-order valence-electron chi connectivity index (χ0n) is 23.3. The van der Waals surface area contributed by atoms with E-state index in [4.69, 9.17) is 21.3 Å². The van der Waals surface area contributed by atoms with E-state index in [-0.39, 0.29) is 30.3 Å². The summed E-state index contributed by atoms with van der Waals surface area (Å²) in [7, 11) is 1.34. The molecule has 1 saturated carbocycles. The van der Waals surface area contributed by atoms with Crippen molar-refractivity contribution in [3.05, 3.63) is 93.5 Å². The first kappa shape index (κ1) is 28.5. The Morgan fingerprint density at radius 3 is 2.77 bits per heavy atom. The van der Waals surface area contributed by atoms with Gasteiger partial charge in [0, 0.05) is 42.2 Å². The molecule has 1 saturated heterocycles. The van der Waals surface area contributed by atoms with Crippen LogP contribution in [0.5, 0.6) is 0 Å². The van der Waals surface area contributed by atoms with Crippen molar-refractivity contribution in [1.82, 2.24) is 14.5 Å². The molecule has 0 bridgehead atoms. The Hall–Kier alpha value is -4.26. The number of likely N-dealkylation sites (tertiary alicyclic amines) is 1. The van der Waals surface area contributed by atoms with Crippen molar-refractivity contribution >= 4 is 40.2 Å². The number of aryl methyl sites for hydroxylation is 1. The molecule has 4 atom stereocenters. The maximum atomic E-state index is 16.2. The first-order valence-electron chi connectivity index (χ1n) is 14.5. The molecule has 1 amide bonds. The Morgan fingerprint density at radius 2 is 2.02 bits per heavy atom. The number of anilines is 1. The molecule has 4 aromatic rings. The predicted molar refractivity (Wildman–Crippen MR) is 164 cm³/mol. The summed E-state index contributed by atoms with van der Waals surface area (Å²) >= 11 is 6.40. The van der Waals surface area contributed by atoms with Gasteiger partial charge in [-0.25, -0.2) is 14.2 Å². The number of carbonyl (C=O) groups is 2. The number of amides is 1. The largest absolute Gasteiger partial charge is 0.465 e. The third kappa shape index (κ3) is 3.80. The van der Waals surface area contributed by atoms with Gasteiger partial charge in [-0.15, -0.1) is 0 Å². The maximum absolute atomic E-state index is 16.2. The monoisotopic (exact) mass is 611 g/mol. The van der Waals surface area contributed by atoms with Crippen LogP contribution < -0.4 is 5.32 Å². The quantitative estimate of drug-likeness (QED) is 0.271. The van der Waals surface area contributed by atoms with Gasteiger partial charge in [0.1, 0.15) is 17.2 Å². The summed E-state index contributed by atoms with van der Waals surface area (Å²) in [5.41, 5.74) is 2.80. The number of carbonyl (C=O) groups excluding carboxylic acids is 2. The summed E-state index contributed by atoms with van der Waals surface area (Å²) in [5.74, 6) is -1.05. The van der Waals surface area contributed by atoms with Crippen LogP contribution in [0.25, 0.3) is 11.0 Å². The molecular formula is C34H31ClFN5O3. The third-order valence-corrected chi connectivity index (χ3v) is 10.1. The Labute approximate surface area is 259 Å². The van der Waals surface area contributed by atoms with Gasteiger partial charge in [-0.2, -0.15) is 5.26 Å². The van der Waals surface area contributed by atoms with Crippen molar-refractivity contribution in [2.45, 2.75) is 56.7 Å². The summed E-state index contributed by atoms with van der Waals surface area (Å²) in [4.78, 5) is 34.3. The number of ether oxygens (including phenoxy) is 1. The van der Waals surface area contributed by atoms with Crippen molar-refractivity contribution in [2.75, 3.05) is 19.0 Å². The number of methoxy groups -OCH3 is 1. The van der Waals surface area contributed by atoms with E-state index < -0.39 is 23.2 Å². The average Bonchev–Trinajstić information content (AvgIpc) is 3.60. The van der Waals surface area contributed by atoms with E-state index in [1.165, 1.54) is 13.2 Å². The van der Waals surface area contributed by atoms with Crippen molar-refractivity contribution in [2.24, 2.45) is 5.92 Å². The number of aromatic nitrogens is 2. The molecule has 3 aliphatic heterocycles. The van der Waals surface area contributed by atoms with Crippen LogP contribution in [0, 0.1) is 23.1 Å². The van der Waals surface area contributed by atoms with Gasteiger partial charge in [-0.05, 0) is 67.1 Å². The Kier molecular flexibility index (Phi) is 6.57. The lowest BCUT2D eigenvalue weighted by atomic mass is 9.70. The highest BCUT2D eigenvalue weighted by atomic mass is 35.5. The van der Waals surface area contributed by atoms with E-state index in [2.05, 4.69) is 20.9 Å². The Morgan fingerprint density at radius 1 is 1.20 bits per heavy atom. The van der Waals surface area contributed by atoms with Crippen LogP contribution in [0.15, 0.2) is 54.6 Å². The average molecular weight is 612 g/mol. The highest BCUT2D eigenvalue weighted by Gasteiger charge is 2.69. The second kappa shape index (κ2) is 10.1. The lowest BCUT2D eigenvalue weighted by Gasteiger charge is -2.40. The number of fused-ring (bicyclic) bond motifs is 7. The molecule has 0 unspecified atom stereocenters. The molecule has 2 fully saturated rings. The lowest BCUT2D eigenvalue weighted by Crippen LogP contribution is -2.53. The fourth-order valence-electron chi connectivity index (χ4n) is 7.94. The van der Waals surface area contributed by atoms with E-state index in [0.717, 1.165) is 36.2 Å². The molecule has 1 N–H and O–H groups in total. The molecule has 3 aromatic carbocycles. The van der Waals surface area contributed by atoms with Gasteiger partial charge < -0.3 is 14.6 Å². The number of hydrogen-bond donors (Lipinski definition) is 1. The molecular weight excluding hydrogens is 581 g/mol. The van der Waals surface area contributed by atoms with Crippen molar-refractivity contribution < 1.29 is 18.7 Å². The molecule has 8 rings (SSSR count). The summed E-state index contributed by atoms with van der Waals surface area (Å²) in [5, 5.41) is 12.7. The predicted octanol–water partition coefficient (Wildman–Crippen LogP) is 6.34. The number of benzene rings is 3. The van der Waals surface area contributed by atoms with Crippen LogP contribution in [0.2, 0.25) is 5.02 Å². The van der Waals surface area contributed by atoms with E-state index in [9.17, 15) is 14.9 Å². The number of nitrogens with one attached hydrogen (secondary N) is 1. The summed E-state index contributed by atoms with van der Waals surface area (Å²) in [6, 6.07) is 17.7. The van der Waals surface area contributed by atoms with Crippen LogP contribution in [0.3, 0.4) is 0 Å². The number of imidazole rings is 1. The molecule has 1 aromatic heterocycles. The van der Waals surface area contributed by atoms with Crippen LogP contribution in [0.4, 0.5) is 10.1 Å². The maximum Gasteiger partial charge on any atom is 0.337 e. The number of hydrogen-bond acceptors (Lipinski definition) is 6. The van der Waals surface area contributed by atoms with Crippen molar-refractivity contribution in [3.8, 4) is 6.07 Å². The SMILES string of the molecule is C.COC(=O)c1ccc2c(c1)nc1n2CC[C@H]2[C@@H]1[C@H](c1cccc(Cl)c1F)[C@]1(C(=O)Nc3cc(C#N)ccc31)N2CC1CC1. The fourth-order valence-corrected chi connectivity index (χ4v) is 8.12. The minimum Gasteiger partial charge on any atom is -0.465 e. The highest BCUT2D eigenvalue weighted by molar-refractivity contribution is 6.30. The highest BCUT2D eigenvalue weighted by Crippen LogP contribution is 2.64. The van der Waals surface area contributed by atoms with Gasteiger partial charge in [0.25, 0.3) is 0 Å². The molecule has 0 radical (unpaired) electrons. The van der Waals surface area contributed by atoms with Gasteiger partial charge in [0.05, 0.1) is 40.4 Å². The zero-order valence-corrected chi connectivity index (χ0v) is 24.1. The van der Waals surface area contributed by atoms with E-state index in [0.29, 0.717) is 46.9 Å². The van der Waals surface area contributed by atoms with Crippen molar-refractivity contribution in [3.63, 3.8) is 0 Å². The minimum absolute atomic E-state index is 0. The van der Waals surface area contributed by atoms with Crippen LogP contribution in [-0.4, -0.2) is 46.0 Å². The number of nitriles is 1. The van der Waals surface area contributed by atoms with Gasteiger partial charge >= 0.3 is 5.97 Å². The number of rotatable bonds is 4. The summed E-state index contributed by atoms with van der Waals surface area (Å²) in [6.07, 6.45) is 2.89. The third-order valence-electron chi connectivity index (χ3n) is 9.84. The molecule has 1 aliphatic carbocycles. The van der Waals surface area contributed by atoms with Crippen LogP contribution in [-0.2, 0) is 21.6 Å². The van der Waals surface area contributed by atoms with Crippen LogP contribution >= 0.6 is 11.6 Å². The second-order valence-corrected chi connectivity index (χ2v) is 12.4. The molecule has 224 valence electrons. The number of esters is 1. The molecule has 8 nitrogen and oxygen atoms in total. The molecule has 44 heavy (non-hydrogen) atoms.